The molecule has 9 heteroatoms. The van der Waals surface area contributed by atoms with E-state index < -0.39 is 16.9 Å². The molecule has 0 fully saturated rings. The number of halogens is 2. The number of phenols is 1. The van der Waals surface area contributed by atoms with Gasteiger partial charge in [0.05, 0.1) is 19.9 Å². The molecule has 2 amide bonds. The smallest absolute Gasteiger partial charge is 0.255 e. The maximum Gasteiger partial charge on any atom is 0.255 e. The van der Waals surface area contributed by atoms with E-state index in [1.54, 1.807) is 18.1 Å². The van der Waals surface area contributed by atoms with Crippen LogP contribution in [0.3, 0.4) is 0 Å². The van der Waals surface area contributed by atoms with Crippen molar-refractivity contribution in [2.24, 2.45) is 0 Å². The first kappa shape index (κ1) is 27.6. The highest BCUT2D eigenvalue weighted by Crippen LogP contribution is 2.57. The summed E-state index contributed by atoms with van der Waals surface area (Å²) >= 11 is 12.2. The molecule has 200 valence electrons. The Morgan fingerprint density at radius 3 is 2.11 bits per heavy atom. The summed E-state index contributed by atoms with van der Waals surface area (Å²) in [6, 6.07) is 13.8. The molecule has 0 spiro atoms. The largest absolute Gasteiger partial charge is 0.505 e. The number of ether oxygens (including phenoxy) is 2. The summed E-state index contributed by atoms with van der Waals surface area (Å²) in [7, 11) is 3.03. The van der Waals surface area contributed by atoms with Gasteiger partial charge in [-0.2, -0.15) is 0 Å². The van der Waals surface area contributed by atoms with E-state index in [4.69, 9.17) is 32.7 Å². The highest BCUT2D eigenvalue weighted by molar-refractivity contribution is 6.35. The monoisotopic (exact) mass is 556 g/mol. The van der Waals surface area contributed by atoms with Gasteiger partial charge in [0.15, 0.2) is 0 Å². The van der Waals surface area contributed by atoms with Crippen LogP contribution in [0.2, 0.25) is 10.0 Å². The zero-order chi connectivity index (χ0) is 28.0. The standard InChI is InChI=1S/C29H30Cl2N2O5/c1-16(34)33-22-14-23(38-6)25(32-27(36)17-11-19(30)13-20(31)12-17)26(35)24(22)29(4,15-28(33,2)3)18-7-9-21(37-5)10-8-18/h7-14,35H,15H2,1-6H3,(H,32,36). The Kier molecular flexibility index (Phi) is 7.30. The second-order valence-electron chi connectivity index (χ2n) is 10.2. The minimum absolute atomic E-state index is 0.0790. The maximum atomic E-state index is 13.2. The fourth-order valence-electron chi connectivity index (χ4n) is 5.66. The van der Waals surface area contributed by atoms with Crippen molar-refractivity contribution in [3.8, 4) is 17.2 Å². The first-order valence-electron chi connectivity index (χ1n) is 12.0. The molecule has 2 N–H and O–H groups in total. The molecular formula is C29H30Cl2N2O5. The van der Waals surface area contributed by atoms with Gasteiger partial charge in [0.25, 0.3) is 5.91 Å². The van der Waals surface area contributed by atoms with E-state index in [0.29, 0.717) is 33.5 Å². The van der Waals surface area contributed by atoms with Crippen molar-refractivity contribution < 1.29 is 24.2 Å². The number of methoxy groups -OCH3 is 2. The summed E-state index contributed by atoms with van der Waals surface area (Å²) in [5.41, 5.74) is 0.860. The van der Waals surface area contributed by atoms with Crippen molar-refractivity contribution in [1.29, 1.82) is 0 Å². The fourth-order valence-corrected chi connectivity index (χ4v) is 6.19. The average molecular weight is 557 g/mol. The molecule has 7 nitrogen and oxygen atoms in total. The molecule has 0 saturated carbocycles. The van der Waals surface area contributed by atoms with Gasteiger partial charge in [-0.3, -0.25) is 9.59 Å². The maximum absolute atomic E-state index is 13.2. The van der Waals surface area contributed by atoms with Crippen molar-refractivity contribution in [2.75, 3.05) is 24.4 Å². The number of nitrogens with one attached hydrogen (secondary N) is 1. The third-order valence-corrected chi connectivity index (χ3v) is 7.49. The number of carbonyl (C=O) groups is 2. The van der Waals surface area contributed by atoms with Gasteiger partial charge >= 0.3 is 0 Å². The lowest BCUT2D eigenvalue weighted by Crippen LogP contribution is -2.55. The first-order valence-corrected chi connectivity index (χ1v) is 12.7. The van der Waals surface area contributed by atoms with Crippen LogP contribution in [0.1, 0.15) is 55.6 Å². The number of anilines is 2. The van der Waals surface area contributed by atoms with E-state index in [0.717, 1.165) is 5.56 Å². The normalized spacial score (nSPS) is 17.9. The minimum Gasteiger partial charge on any atom is -0.505 e. The van der Waals surface area contributed by atoms with E-state index in [9.17, 15) is 14.7 Å². The Hall–Kier alpha value is -3.42. The molecule has 4 rings (SSSR count). The predicted octanol–water partition coefficient (Wildman–Crippen LogP) is 6.81. The van der Waals surface area contributed by atoms with E-state index in [2.05, 4.69) is 5.32 Å². The van der Waals surface area contributed by atoms with E-state index in [1.165, 1.54) is 32.2 Å². The summed E-state index contributed by atoms with van der Waals surface area (Å²) in [5, 5.41) is 15.2. The van der Waals surface area contributed by atoms with Gasteiger partial charge in [0, 0.05) is 45.1 Å². The molecule has 1 atom stereocenters. The number of carbonyl (C=O) groups excluding carboxylic acids is 2. The number of benzene rings is 3. The average Bonchev–Trinajstić information content (AvgIpc) is 2.83. The molecule has 1 aliphatic heterocycles. The zero-order valence-corrected chi connectivity index (χ0v) is 23.6. The summed E-state index contributed by atoms with van der Waals surface area (Å²) < 4.78 is 10.9. The lowest BCUT2D eigenvalue weighted by atomic mass is 9.64. The number of aromatic hydroxyl groups is 1. The Bertz CT molecular complexity index is 1400. The molecule has 38 heavy (non-hydrogen) atoms. The number of nitrogens with zero attached hydrogens (tertiary/aromatic N) is 1. The molecule has 1 aliphatic rings. The summed E-state index contributed by atoms with van der Waals surface area (Å²) in [4.78, 5) is 27.8. The van der Waals surface area contributed by atoms with Gasteiger partial charge in [-0.15, -0.1) is 0 Å². The van der Waals surface area contributed by atoms with Gasteiger partial charge in [0.2, 0.25) is 5.91 Å². The fraction of sp³-hybridized carbons (Fsp3) is 0.310. The van der Waals surface area contributed by atoms with Crippen molar-refractivity contribution >= 4 is 46.4 Å². The van der Waals surface area contributed by atoms with Gasteiger partial charge in [0.1, 0.15) is 22.9 Å². The Morgan fingerprint density at radius 2 is 1.58 bits per heavy atom. The summed E-state index contributed by atoms with van der Waals surface area (Å²) in [5.74, 6) is -0.0109. The second-order valence-corrected chi connectivity index (χ2v) is 11.1. The van der Waals surface area contributed by atoms with Gasteiger partial charge < -0.3 is 24.8 Å². The molecule has 0 aromatic heterocycles. The van der Waals surface area contributed by atoms with Crippen LogP contribution < -0.4 is 19.7 Å². The van der Waals surface area contributed by atoms with Crippen LogP contribution in [0.25, 0.3) is 0 Å². The van der Waals surface area contributed by atoms with Crippen LogP contribution in [0.4, 0.5) is 11.4 Å². The second kappa shape index (κ2) is 10.0. The molecule has 3 aromatic rings. The summed E-state index contributed by atoms with van der Waals surface area (Å²) in [6.45, 7) is 7.48. The van der Waals surface area contributed by atoms with Gasteiger partial charge in [-0.1, -0.05) is 42.3 Å². The number of hydrogen-bond acceptors (Lipinski definition) is 5. The molecule has 0 bridgehead atoms. The number of rotatable bonds is 5. The van der Waals surface area contributed by atoms with Crippen LogP contribution in [-0.4, -0.2) is 36.7 Å². The van der Waals surface area contributed by atoms with Gasteiger partial charge in [-0.05, 0) is 56.2 Å². The highest BCUT2D eigenvalue weighted by atomic mass is 35.5. The SMILES string of the molecule is COc1ccc(C2(C)CC(C)(C)N(C(C)=O)c3cc(OC)c(NC(=O)c4cc(Cl)cc(Cl)c4)c(O)c32)cc1. The van der Waals surface area contributed by atoms with Crippen LogP contribution in [0.15, 0.2) is 48.5 Å². The number of hydrogen-bond donors (Lipinski definition) is 2. The topological polar surface area (TPSA) is 88.1 Å². The van der Waals surface area contributed by atoms with Crippen LogP contribution in [-0.2, 0) is 10.2 Å². The van der Waals surface area contributed by atoms with E-state index in [1.807, 2.05) is 45.0 Å². The molecule has 0 saturated heterocycles. The van der Waals surface area contributed by atoms with E-state index >= 15 is 0 Å². The molecule has 1 heterocycles. The number of amides is 2. The molecule has 0 aliphatic carbocycles. The van der Waals surface area contributed by atoms with Crippen LogP contribution >= 0.6 is 23.2 Å². The molecule has 1 unspecified atom stereocenters. The van der Waals surface area contributed by atoms with Crippen molar-refractivity contribution in [1.82, 2.24) is 0 Å². The molecule has 0 radical (unpaired) electrons. The molecular weight excluding hydrogens is 527 g/mol. The predicted molar refractivity (Wildman–Crippen MR) is 150 cm³/mol. The molecule has 3 aromatic carbocycles. The van der Waals surface area contributed by atoms with Crippen molar-refractivity contribution in [3.05, 3.63) is 75.3 Å². The Morgan fingerprint density at radius 1 is 0.974 bits per heavy atom. The van der Waals surface area contributed by atoms with Gasteiger partial charge in [-0.25, -0.2) is 0 Å². The lowest BCUT2D eigenvalue weighted by molar-refractivity contribution is -0.117. The van der Waals surface area contributed by atoms with Crippen molar-refractivity contribution in [3.63, 3.8) is 0 Å². The lowest BCUT2D eigenvalue weighted by Gasteiger charge is -2.51. The summed E-state index contributed by atoms with van der Waals surface area (Å²) in [6.07, 6.45) is 0.496. The quantitative estimate of drug-likeness (QED) is 0.337. The third-order valence-electron chi connectivity index (χ3n) is 7.05. The highest BCUT2D eigenvalue weighted by Gasteiger charge is 2.49. The minimum atomic E-state index is -0.744. The van der Waals surface area contributed by atoms with Crippen molar-refractivity contribution in [2.45, 2.75) is 45.1 Å². The van der Waals surface area contributed by atoms with Crippen LogP contribution in [0, 0.1) is 0 Å². The van der Waals surface area contributed by atoms with E-state index in [-0.39, 0.29) is 28.7 Å². The first-order chi connectivity index (χ1) is 17.8. The number of fused-ring (bicyclic) bond motifs is 1. The third kappa shape index (κ3) is 4.76. The number of phenolic OH excluding ortho intramolecular Hbond substituents is 1. The van der Waals surface area contributed by atoms with Crippen LogP contribution in [0.5, 0.6) is 17.2 Å². The Balaban J connectivity index is 1.96. The zero-order valence-electron chi connectivity index (χ0n) is 22.1. The Labute approximate surface area is 232 Å².